The molecule has 0 aliphatic heterocycles. The van der Waals surface area contributed by atoms with Gasteiger partial charge < -0.3 is 5.73 Å². The van der Waals surface area contributed by atoms with E-state index in [-0.39, 0.29) is 0 Å². The predicted molar refractivity (Wildman–Crippen MR) is 40.0 cm³/mol. The molecule has 1 rings (SSSR count). The summed E-state index contributed by atoms with van der Waals surface area (Å²) >= 11 is 1.27. The van der Waals surface area contributed by atoms with Gasteiger partial charge in [-0.2, -0.15) is 4.37 Å². The molecular formula is C6H8N2OS. The van der Waals surface area contributed by atoms with E-state index >= 15 is 0 Å². The molecule has 10 heavy (non-hydrogen) atoms. The van der Waals surface area contributed by atoms with Crippen LogP contribution in [-0.4, -0.2) is 10.3 Å². The maximum atomic E-state index is 10.6. The first-order chi connectivity index (χ1) is 4.75. The van der Waals surface area contributed by atoms with Gasteiger partial charge in [-0.3, -0.25) is 4.79 Å². The van der Waals surface area contributed by atoms with Gasteiger partial charge in [-0.05, 0) is 23.5 Å². The molecule has 0 aromatic carbocycles. The second-order valence-electron chi connectivity index (χ2n) is 1.91. The highest BCUT2D eigenvalue weighted by atomic mass is 32.1. The van der Waals surface area contributed by atoms with Crippen LogP contribution < -0.4 is 5.73 Å². The lowest BCUT2D eigenvalue weighted by Gasteiger charge is -1.90. The van der Waals surface area contributed by atoms with E-state index < -0.39 is 5.91 Å². The largest absolute Gasteiger partial charge is 0.364 e. The molecule has 0 radical (unpaired) electrons. The molecule has 0 spiro atoms. The van der Waals surface area contributed by atoms with Gasteiger partial charge in [0.2, 0.25) is 0 Å². The number of nitrogens with two attached hydrogens (primary N) is 1. The van der Waals surface area contributed by atoms with Crippen molar-refractivity contribution in [1.29, 1.82) is 0 Å². The van der Waals surface area contributed by atoms with E-state index in [9.17, 15) is 4.79 Å². The molecule has 0 saturated carbocycles. The Kier molecular flexibility index (Phi) is 2.01. The molecule has 1 heterocycles. The van der Waals surface area contributed by atoms with Crippen molar-refractivity contribution in [3.05, 3.63) is 16.6 Å². The number of rotatable bonds is 2. The van der Waals surface area contributed by atoms with Gasteiger partial charge in [0, 0.05) is 5.38 Å². The maximum absolute atomic E-state index is 10.6. The second kappa shape index (κ2) is 2.79. The number of aryl methyl sites for hydroxylation is 1. The van der Waals surface area contributed by atoms with Crippen molar-refractivity contribution in [3.63, 3.8) is 0 Å². The van der Waals surface area contributed by atoms with Crippen molar-refractivity contribution in [3.8, 4) is 0 Å². The minimum Gasteiger partial charge on any atom is -0.364 e. The fourth-order valence-electron chi connectivity index (χ4n) is 0.711. The van der Waals surface area contributed by atoms with Gasteiger partial charge in [0.15, 0.2) is 0 Å². The molecule has 1 aromatic heterocycles. The van der Waals surface area contributed by atoms with Gasteiger partial charge in [0.1, 0.15) is 5.69 Å². The number of hydrogen-bond acceptors (Lipinski definition) is 3. The van der Waals surface area contributed by atoms with E-state index in [1.807, 2.05) is 12.3 Å². The van der Waals surface area contributed by atoms with E-state index in [1.54, 1.807) is 0 Å². The third kappa shape index (κ3) is 1.16. The fraction of sp³-hybridized carbons (Fsp3) is 0.333. The zero-order valence-corrected chi connectivity index (χ0v) is 6.44. The Balaban J connectivity index is 3.01. The number of aromatic nitrogens is 1. The molecule has 3 nitrogen and oxygen atoms in total. The van der Waals surface area contributed by atoms with Crippen LogP contribution in [-0.2, 0) is 6.42 Å². The topological polar surface area (TPSA) is 56.0 Å². The number of carbonyl (C=O) groups is 1. The van der Waals surface area contributed by atoms with Gasteiger partial charge in [0.25, 0.3) is 5.91 Å². The van der Waals surface area contributed by atoms with E-state index in [0.717, 1.165) is 12.0 Å². The summed E-state index contributed by atoms with van der Waals surface area (Å²) in [4.78, 5) is 10.6. The highest BCUT2D eigenvalue weighted by Gasteiger charge is 2.08. The zero-order chi connectivity index (χ0) is 7.56. The first-order valence-electron chi connectivity index (χ1n) is 2.98. The average molecular weight is 156 g/mol. The molecule has 1 aromatic rings. The molecule has 0 aliphatic rings. The highest BCUT2D eigenvalue weighted by Crippen LogP contribution is 2.09. The van der Waals surface area contributed by atoms with Gasteiger partial charge in [-0.25, -0.2) is 0 Å². The summed E-state index contributed by atoms with van der Waals surface area (Å²) in [5.74, 6) is -0.432. The Morgan fingerprint density at radius 1 is 1.90 bits per heavy atom. The molecule has 2 N–H and O–H groups in total. The van der Waals surface area contributed by atoms with Gasteiger partial charge >= 0.3 is 0 Å². The third-order valence-electron chi connectivity index (χ3n) is 1.26. The summed E-state index contributed by atoms with van der Waals surface area (Å²) < 4.78 is 3.85. The van der Waals surface area contributed by atoms with Gasteiger partial charge in [-0.15, -0.1) is 0 Å². The Morgan fingerprint density at radius 3 is 3.00 bits per heavy atom. The first-order valence-corrected chi connectivity index (χ1v) is 3.82. The normalized spacial score (nSPS) is 9.70. The van der Waals surface area contributed by atoms with Crippen LogP contribution in [0, 0.1) is 0 Å². The summed E-state index contributed by atoms with van der Waals surface area (Å²) in [6.45, 7) is 1.97. The second-order valence-corrected chi connectivity index (χ2v) is 2.54. The number of hydrogen-bond donors (Lipinski definition) is 1. The third-order valence-corrected chi connectivity index (χ3v) is 1.94. The summed E-state index contributed by atoms with van der Waals surface area (Å²) in [6.07, 6.45) is 0.814. The quantitative estimate of drug-likeness (QED) is 0.688. The molecule has 1 amide bonds. The fourth-order valence-corrected chi connectivity index (χ4v) is 1.48. The number of amides is 1. The Bertz CT molecular complexity index is 244. The van der Waals surface area contributed by atoms with E-state index in [0.29, 0.717) is 5.69 Å². The molecule has 0 atom stereocenters. The van der Waals surface area contributed by atoms with Crippen molar-refractivity contribution in [2.45, 2.75) is 13.3 Å². The molecule has 0 bridgehead atoms. The lowest BCUT2D eigenvalue weighted by Crippen LogP contribution is -2.13. The number of primary amides is 1. The molecule has 0 aliphatic carbocycles. The smallest absolute Gasteiger partial charge is 0.268 e. The summed E-state index contributed by atoms with van der Waals surface area (Å²) in [5.41, 5.74) is 6.41. The van der Waals surface area contributed by atoms with Gasteiger partial charge in [-0.1, -0.05) is 6.92 Å². The Hall–Kier alpha value is -0.900. The lowest BCUT2D eigenvalue weighted by atomic mass is 10.2. The molecule has 4 heteroatoms. The van der Waals surface area contributed by atoms with Crippen LogP contribution in [0.15, 0.2) is 5.38 Å². The standard InChI is InChI=1S/C6H8N2OS/c1-2-4-3-10-8-5(4)6(7)9/h3H,2H2,1H3,(H2,7,9). The monoisotopic (exact) mass is 156 g/mol. The Morgan fingerprint density at radius 2 is 2.60 bits per heavy atom. The summed E-state index contributed by atoms with van der Waals surface area (Å²) in [5, 5.41) is 1.85. The van der Waals surface area contributed by atoms with Crippen LogP contribution in [0.4, 0.5) is 0 Å². The van der Waals surface area contributed by atoms with Crippen LogP contribution in [0.3, 0.4) is 0 Å². The number of nitrogens with zero attached hydrogens (tertiary/aromatic N) is 1. The Labute approximate surface area is 63.0 Å². The van der Waals surface area contributed by atoms with E-state index in [2.05, 4.69) is 4.37 Å². The molecule has 0 fully saturated rings. The van der Waals surface area contributed by atoms with Crippen molar-refractivity contribution in [2.75, 3.05) is 0 Å². The van der Waals surface area contributed by atoms with Crippen molar-refractivity contribution in [1.82, 2.24) is 4.37 Å². The molecule has 54 valence electrons. The molecule has 0 unspecified atom stereocenters. The summed E-state index contributed by atoms with van der Waals surface area (Å²) in [7, 11) is 0. The van der Waals surface area contributed by atoms with Crippen LogP contribution in [0.5, 0.6) is 0 Å². The maximum Gasteiger partial charge on any atom is 0.268 e. The minimum absolute atomic E-state index is 0.424. The van der Waals surface area contributed by atoms with Crippen LogP contribution in [0.2, 0.25) is 0 Å². The van der Waals surface area contributed by atoms with Crippen molar-refractivity contribution >= 4 is 17.4 Å². The molecular weight excluding hydrogens is 148 g/mol. The zero-order valence-electron chi connectivity index (χ0n) is 5.63. The average Bonchev–Trinajstić information content (AvgIpc) is 2.33. The lowest BCUT2D eigenvalue weighted by molar-refractivity contribution is 0.0996. The van der Waals surface area contributed by atoms with Crippen molar-refractivity contribution < 1.29 is 4.79 Å². The van der Waals surface area contributed by atoms with Gasteiger partial charge in [0.05, 0.1) is 0 Å². The first kappa shape index (κ1) is 7.21. The molecule has 0 saturated heterocycles. The summed E-state index contributed by atoms with van der Waals surface area (Å²) in [6, 6.07) is 0. The number of carbonyl (C=O) groups excluding carboxylic acids is 1. The SMILES string of the molecule is CCc1csnc1C(N)=O. The van der Waals surface area contributed by atoms with Crippen LogP contribution in [0.25, 0.3) is 0 Å². The highest BCUT2D eigenvalue weighted by molar-refractivity contribution is 7.03. The van der Waals surface area contributed by atoms with Crippen LogP contribution >= 0.6 is 11.5 Å². The van der Waals surface area contributed by atoms with E-state index in [4.69, 9.17) is 5.73 Å². The van der Waals surface area contributed by atoms with Crippen LogP contribution in [0.1, 0.15) is 23.0 Å². The van der Waals surface area contributed by atoms with Crippen molar-refractivity contribution in [2.24, 2.45) is 5.73 Å². The van der Waals surface area contributed by atoms with E-state index in [1.165, 1.54) is 11.5 Å². The predicted octanol–water partition coefficient (Wildman–Crippen LogP) is 0.804. The minimum atomic E-state index is -0.432.